The molecule has 32 heavy (non-hydrogen) atoms. The second-order valence-electron chi connectivity index (χ2n) is 8.11. The van der Waals surface area contributed by atoms with Crippen molar-refractivity contribution < 1.29 is 9.13 Å². The largest absolute Gasteiger partial charge is 0.367 e. The molecule has 2 atom stereocenters. The Balaban J connectivity index is 1.44. The van der Waals surface area contributed by atoms with Gasteiger partial charge < -0.3 is 19.5 Å². The molecule has 1 N–H and O–H groups in total. The average Bonchev–Trinajstić information content (AvgIpc) is 3.31. The highest BCUT2D eigenvalue weighted by Gasteiger charge is 2.28. The van der Waals surface area contributed by atoms with Crippen LogP contribution in [0.5, 0.6) is 0 Å². The minimum Gasteiger partial charge on any atom is -0.367 e. The molecule has 6 nitrogen and oxygen atoms in total. The fourth-order valence-electron chi connectivity index (χ4n) is 3.92. The zero-order chi connectivity index (χ0) is 22.3. The van der Waals surface area contributed by atoms with Crippen LogP contribution < -0.4 is 5.32 Å². The van der Waals surface area contributed by atoms with Gasteiger partial charge in [-0.1, -0.05) is 36.4 Å². The molecule has 2 aromatic carbocycles. The van der Waals surface area contributed by atoms with Crippen LogP contribution in [0.15, 0.2) is 72.2 Å². The number of rotatable bonds is 6. The molecule has 3 aromatic rings. The van der Waals surface area contributed by atoms with E-state index in [9.17, 15) is 4.39 Å². The highest BCUT2D eigenvalue weighted by molar-refractivity contribution is 5.80. The van der Waals surface area contributed by atoms with E-state index in [1.165, 1.54) is 17.7 Å². The van der Waals surface area contributed by atoms with Gasteiger partial charge in [0.1, 0.15) is 11.9 Å². The third-order valence-electron chi connectivity index (χ3n) is 5.50. The summed E-state index contributed by atoms with van der Waals surface area (Å²) in [5.41, 5.74) is 3.37. The lowest BCUT2D eigenvalue weighted by Gasteiger charge is -2.38. The van der Waals surface area contributed by atoms with E-state index in [1.807, 2.05) is 17.1 Å². The summed E-state index contributed by atoms with van der Waals surface area (Å²) in [5.74, 6) is 0.637. The maximum absolute atomic E-state index is 13.3. The van der Waals surface area contributed by atoms with Crippen LogP contribution in [0.2, 0.25) is 0 Å². The molecule has 0 saturated carbocycles. The maximum atomic E-state index is 13.3. The first-order chi connectivity index (χ1) is 15.6. The molecule has 1 aromatic heterocycles. The van der Waals surface area contributed by atoms with E-state index in [0.717, 1.165) is 36.7 Å². The summed E-state index contributed by atoms with van der Waals surface area (Å²) in [6.45, 7) is 7.75. The number of hydrogen-bond acceptors (Lipinski definition) is 3. The number of morpholine rings is 1. The monoisotopic (exact) mass is 435 g/mol. The van der Waals surface area contributed by atoms with Crippen LogP contribution in [-0.2, 0) is 17.8 Å². The second-order valence-corrected chi connectivity index (χ2v) is 8.11. The predicted octanol–water partition coefficient (Wildman–Crippen LogP) is 4.00. The SMILES string of the molecule is CCNC(=NCc1ccc(Cn2ccnc2)cc1)N1CC(C)OC(c2ccc(F)cc2)C1. The lowest BCUT2D eigenvalue weighted by Crippen LogP contribution is -2.50. The Hall–Kier alpha value is -3.19. The molecular weight excluding hydrogens is 405 g/mol. The Bertz CT molecular complexity index is 1000. The summed E-state index contributed by atoms with van der Waals surface area (Å²) in [5, 5.41) is 3.42. The van der Waals surface area contributed by atoms with Crippen LogP contribution in [0.3, 0.4) is 0 Å². The zero-order valence-corrected chi connectivity index (χ0v) is 18.6. The second kappa shape index (κ2) is 10.4. The van der Waals surface area contributed by atoms with Crippen LogP contribution in [0.4, 0.5) is 4.39 Å². The minimum atomic E-state index is -0.236. The normalized spacial score (nSPS) is 19.2. The fraction of sp³-hybridized carbons (Fsp3) is 0.360. The Morgan fingerprint density at radius 1 is 1.12 bits per heavy atom. The molecule has 0 amide bonds. The van der Waals surface area contributed by atoms with Gasteiger partial charge in [-0.05, 0) is 42.7 Å². The minimum absolute atomic E-state index is 0.0464. The summed E-state index contributed by atoms with van der Waals surface area (Å²) in [6, 6.07) is 15.1. The van der Waals surface area contributed by atoms with E-state index in [-0.39, 0.29) is 18.0 Å². The van der Waals surface area contributed by atoms with Gasteiger partial charge in [-0.25, -0.2) is 14.4 Å². The van der Waals surface area contributed by atoms with Gasteiger partial charge in [-0.2, -0.15) is 0 Å². The van der Waals surface area contributed by atoms with Crippen molar-refractivity contribution in [2.45, 2.75) is 39.1 Å². The number of nitrogens with zero attached hydrogens (tertiary/aromatic N) is 4. The van der Waals surface area contributed by atoms with Crippen LogP contribution in [-0.4, -0.2) is 46.1 Å². The Morgan fingerprint density at radius 3 is 2.56 bits per heavy atom. The van der Waals surface area contributed by atoms with E-state index >= 15 is 0 Å². The first-order valence-electron chi connectivity index (χ1n) is 11.1. The van der Waals surface area contributed by atoms with Crippen molar-refractivity contribution in [3.63, 3.8) is 0 Å². The topological polar surface area (TPSA) is 54.7 Å². The van der Waals surface area contributed by atoms with Crippen molar-refractivity contribution in [2.24, 2.45) is 4.99 Å². The third kappa shape index (κ3) is 5.73. The molecule has 0 spiro atoms. The molecular formula is C25H30FN5O. The molecule has 2 heterocycles. The molecule has 168 valence electrons. The number of guanidine groups is 1. The lowest BCUT2D eigenvalue weighted by molar-refractivity contribution is -0.0605. The summed E-state index contributed by atoms with van der Waals surface area (Å²) in [4.78, 5) is 11.2. The number of benzene rings is 2. The molecule has 1 fully saturated rings. The van der Waals surface area contributed by atoms with Crippen molar-refractivity contribution in [1.82, 2.24) is 19.8 Å². The van der Waals surface area contributed by atoms with Crippen molar-refractivity contribution >= 4 is 5.96 Å². The van der Waals surface area contributed by atoms with E-state index in [0.29, 0.717) is 13.1 Å². The summed E-state index contributed by atoms with van der Waals surface area (Å²) in [6.07, 6.45) is 5.50. The first kappa shape index (κ1) is 22.0. The number of aliphatic imine (C=N–C) groups is 1. The van der Waals surface area contributed by atoms with E-state index in [1.54, 1.807) is 18.3 Å². The molecule has 1 aliphatic rings. The summed E-state index contributed by atoms with van der Waals surface area (Å²) >= 11 is 0. The van der Waals surface area contributed by atoms with Gasteiger partial charge in [0.2, 0.25) is 0 Å². The lowest BCUT2D eigenvalue weighted by atomic mass is 10.1. The zero-order valence-electron chi connectivity index (χ0n) is 18.6. The number of halogens is 1. The smallest absolute Gasteiger partial charge is 0.194 e. The van der Waals surface area contributed by atoms with Gasteiger partial charge in [0.15, 0.2) is 5.96 Å². The number of aromatic nitrogens is 2. The van der Waals surface area contributed by atoms with Crippen molar-refractivity contribution in [3.05, 3.63) is 89.8 Å². The quantitative estimate of drug-likeness (QED) is 0.470. The molecule has 0 bridgehead atoms. The Kier molecular flexibility index (Phi) is 7.17. The van der Waals surface area contributed by atoms with Gasteiger partial charge in [0, 0.05) is 32.0 Å². The van der Waals surface area contributed by atoms with Gasteiger partial charge in [-0.15, -0.1) is 0 Å². The van der Waals surface area contributed by atoms with Crippen LogP contribution in [0.1, 0.15) is 36.6 Å². The standard InChI is InChI=1S/C25H30FN5O/c1-3-28-25(29-14-20-4-6-21(7-5-20)16-30-13-12-27-18-30)31-15-19(2)32-24(17-31)22-8-10-23(26)11-9-22/h4-13,18-19,24H,3,14-17H2,1-2H3,(H,28,29). The van der Waals surface area contributed by atoms with Crippen molar-refractivity contribution in [2.75, 3.05) is 19.6 Å². The molecule has 4 rings (SSSR count). The Morgan fingerprint density at radius 2 is 1.88 bits per heavy atom. The summed E-state index contributed by atoms with van der Waals surface area (Å²) in [7, 11) is 0. The molecule has 1 aliphatic heterocycles. The molecule has 7 heteroatoms. The van der Waals surface area contributed by atoms with Crippen molar-refractivity contribution in [1.29, 1.82) is 0 Å². The third-order valence-corrected chi connectivity index (χ3v) is 5.50. The highest BCUT2D eigenvalue weighted by Crippen LogP contribution is 2.25. The number of imidazole rings is 1. The van der Waals surface area contributed by atoms with Gasteiger partial charge in [-0.3, -0.25) is 0 Å². The fourth-order valence-corrected chi connectivity index (χ4v) is 3.92. The highest BCUT2D eigenvalue weighted by atomic mass is 19.1. The van der Waals surface area contributed by atoms with E-state index in [2.05, 4.69) is 53.3 Å². The first-order valence-corrected chi connectivity index (χ1v) is 11.1. The molecule has 1 saturated heterocycles. The number of nitrogens with one attached hydrogen (secondary N) is 1. The average molecular weight is 436 g/mol. The van der Waals surface area contributed by atoms with Crippen LogP contribution in [0, 0.1) is 5.82 Å². The predicted molar refractivity (Wildman–Crippen MR) is 124 cm³/mol. The van der Waals surface area contributed by atoms with Crippen LogP contribution >= 0.6 is 0 Å². The van der Waals surface area contributed by atoms with Gasteiger partial charge >= 0.3 is 0 Å². The van der Waals surface area contributed by atoms with Crippen LogP contribution in [0.25, 0.3) is 0 Å². The van der Waals surface area contributed by atoms with E-state index < -0.39 is 0 Å². The molecule has 0 aliphatic carbocycles. The number of ether oxygens (including phenoxy) is 1. The Labute approximate surface area is 188 Å². The molecule has 0 radical (unpaired) electrons. The van der Waals surface area contributed by atoms with Gasteiger partial charge in [0.25, 0.3) is 0 Å². The van der Waals surface area contributed by atoms with E-state index in [4.69, 9.17) is 9.73 Å². The summed E-state index contributed by atoms with van der Waals surface area (Å²) < 4.78 is 21.5. The van der Waals surface area contributed by atoms with Gasteiger partial charge in [0.05, 0.1) is 25.5 Å². The van der Waals surface area contributed by atoms with Crippen molar-refractivity contribution in [3.8, 4) is 0 Å². The maximum Gasteiger partial charge on any atom is 0.194 e. The number of hydrogen-bond donors (Lipinski definition) is 1. The molecule has 2 unspecified atom stereocenters.